The van der Waals surface area contributed by atoms with Crippen molar-refractivity contribution in [1.29, 1.82) is 0 Å². The van der Waals surface area contributed by atoms with Crippen LogP contribution < -0.4 is 16.0 Å². The maximum atomic E-state index is 11.4. The third-order valence-electron chi connectivity index (χ3n) is 3.17. The molecule has 0 aliphatic heterocycles. The number of hydrogen-bond donors (Lipinski definition) is 3. The van der Waals surface area contributed by atoms with Crippen LogP contribution in [0.4, 0.5) is 4.79 Å². The van der Waals surface area contributed by atoms with Crippen molar-refractivity contribution in [1.82, 2.24) is 16.0 Å². The second-order valence-corrected chi connectivity index (χ2v) is 5.45. The monoisotopic (exact) mass is 401 g/mol. The van der Waals surface area contributed by atoms with E-state index in [-0.39, 0.29) is 38.1 Å². The predicted octanol–water partition coefficient (Wildman–Crippen LogP) is -0.572. The number of unbranched alkanes of at least 4 members (excludes halogenated alkanes) is 1. The molecule has 3 N–H and O–H groups in total. The molecule has 0 heterocycles. The van der Waals surface area contributed by atoms with E-state index in [1.807, 2.05) is 0 Å². The lowest BCUT2D eigenvalue weighted by Crippen LogP contribution is -2.36. The molecule has 0 rings (SSSR count). The number of alkyl carbamates (subject to hydrolysis) is 1. The van der Waals surface area contributed by atoms with Crippen molar-refractivity contribution in [2.24, 2.45) is 0 Å². The SMILES string of the molecule is C#CCCCC(=O)NCCOCCOCCOCC(=O)NCCNC(=O)OC. The minimum absolute atomic E-state index is 0.0315. The lowest BCUT2D eigenvalue weighted by molar-refractivity contribution is -0.126. The van der Waals surface area contributed by atoms with Gasteiger partial charge in [-0.2, -0.15) is 0 Å². The van der Waals surface area contributed by atoms with Crippen LogP contribution >= 0.6 is 0 Å². The van der Waals surface area contributed by atoms with Gasteiger partial charge in [0.1, 0.15) is 6.61 Å². The minimum atomic E-state index is -0.549. The van der Waals surface area contributed by atoms with Crippen LogP contribution in [0.2, 0.25) is 0 Å². The summed E-state index contributed by atoms with van der Waals surface area (Å²) < 4.78 is 20.2. The van der Waals surface area contributed by atoms with Crippen LogP contribution in [0.15, 0.2) is 0 Å². The number of carbonyl (C=O) groups excluding carboxylic acids is 3. The molecule has 0 spiro atoms. The van der Waals surface area contributed by atoms with Crippen LogP contribution in [0, 0.1) is 12.3 Å². The van der Waals surface area contributed by atoms with Crippen LogP contribution in [-0.2, 0) is 28.5 Å². The van der Waals surface area contributed by atoms with E-state index < -0.39 is 6.09 Å². The van der Waals surface area contributed by atoms with Gasteiger partial charge in [0.15, 0.2) is 0 Å². The molecule has 0 fully saturated rings. The Morgan fingerprint density at radius 3 is 2.11 bits per heavy atom. The molecule has 0 aromatic carbocycles. The Kier molecular flexibility index (Phi) is 17.8. The summed E-state index contributed by atoms with van der Waals surface area (Å²) in [5.41, 5.74) is 0. The second-order valence-electron chi connectivity index (χ2n) is 5.45. The van der Waals surface area contributed by atoms with Crippen molar-refractivity contribution >= 4 is 17.9 Å². The molecule has 10 heteroatoms. The molecule has 0 saturated heterocycles. The van der Waals surface area contributed by atoms with E-state index in [0.717, 1.165) is 0 Å². The predicted molar refractivity (Wildman–Crippen MR) is 102 cm³/mol. The molecular formula is C18H31N3O7. The molecule has 0 aliphatic carbocycles. The van der Waals surface area contributed by atoms with Gasteiger partial charge in [0.05, 0.1) is 40.1 Å². The number of hydrogen-bond acceptors (Lipinski definition) is 7. The molecule has 0 unspecified atom stereocenters. The van der Waals surface area contributed by atoms with Crippen LogP contribution in [0.5, 0.6) is 0 Å². The fourth-order valence-corrected chi connectivity index (χ4v) is 1.80. The van der Waals surface area contributed by atoms with Crippen molar-refractivity contribution in [2.75, 3.05) is 66.4 Å². The zero-order valence-corrected chi connectivity index (χ0v) is 16.4. The van der Waals surface area contributed by atoms with Crippen LogP contribution in [0.1, 0.15) is 19.3 Å². The number of terminal acetylenes is 1. The van der Waals surface area contributed by atoms with Crippen LogP contribution in [0.3, 0.4) is 0 Å². The van der Waals surface area contributed by atoms with Crippen molar-refractivity contribution in [3.05, 3.63) is 0 Å². The third-order valence-corrected chi connectivity index (χ3v) is 3.17. The van der Waals surface area contributed by atoms with Gasteiger partial charge in [0, 0.05) is 32.5 Å². The van der Waals surface area contributed by atoms with Crippen molar-refractivity contribution in [2.45, 2.75) is 19.3 Å². The summed E-state index contributed by atoms with van der Waals surface area (Å²) in [6, 6.07) is 0. The third kappa shape index (κ3) is 18.4. The molecule has 3 amide bonds. The lowest BCUT2D eigenvalue weighted by Gasteiger charge is -2.08. The summed E-state index contributed by atoms with van der Waals surface area (Å²) in [6.45, 7) is 2.75. The molecule has 0 aromatic rings. The Morgan fingerprint density at radius 2 is 1.43 bits per heavy atom. The average Bonchev–Trinajstić information content (AvgIpc) is 2.69. The summed E-state index contributed by atoms with van der Waals surface area (Å²) in [5.74, 6) is 2.18. The zero-order chi connectivity index (χ0) is 20.9. The number of amides is 3. The normalized spacial score (nSPS) is 10.0. The van der Waals surface area contributed by atoms with Crippen molar-refractivity contribution in [3.63, 3.8) is 0 Å². The number of rotatable bonds is 17. The standard InChI is InChI=1S/C18H31N3O7/c1-3-4-5-6-16(22)20-9-10-26-11-12-27-13-14-28-15-17(23)19-7-8-21-18(24)25-2/h1H,4-15H2,2H3,(H,19,23)(H,20,22)(H,21,24). The fourth-order valence-electron chi connectivity index (χ4n) is 1.80. The Labute approximate surface area is 166 Å². The number of carbonyl (C=O) groups is 3. The summed E-state index contributed by atoms with van der Waals surface area (Å²) in [6.07, 6.45) is 6.28. The molecule has 28 heavy (non-hydrogen) atoms. The van der Waals surface area contributed by atoms with E-state index in [4.69, 9.17) is 20.6 Å². The first-order chi connectivity index (χ1) is 13.6. The summed E-state index contributed by atoms with van der Waals surface area (Å²) in [5, 5.41) is 7.76. The van der Waals surface area contributed by atoms with E-state index in [9.17, 15) is 14.4 Å². The summed E-state index contributed by atoms with van der Waals surface area (Å²) in [4.78, 5) is 33.6. The Bertz CT molecular complexity index is 480. The van der Waals surface area contributed by atoms with Gasteiger partial charge in [-0.05, 0) is 6.42 Å². The van der Waals surface area contributed by atoms with Crippen molar-refractivity contribution in [3.8, 4) is 12.3 Å². The fraction of sp³-hybridized carbons (Fsp3) is 0.722. The van der Waals surface area contributed by atoms with Gasteiger partial charge in [-0.25, -0.2) is 4.79 Å². The van der Waals surface area contributed by atoms with E-state index in [2.05, 4.69) is 26.6 Å². The molecule has 0 aliphatic rings. The maximum Gasteiger partial charge on any atom is 0.406 e. The molecule has 160 valence electrons. The molecular weight excluding hydrogens is 370 g/mol. The quantitative estimate of drug-likeness (QED) is 0.220. The van der Waals surface area contributed by atoms with Gasteiger partial charge in [0.2, 0.25) is 11.8 Å². The topological polar surface area (TPSA) is 124 Å². The van der Waals surface area contributed by atoms with E-state index in [1.165, 1.54) is 7.11 Å². The largest absolute Gasteiger partial charge is 0.453 e. The molecule has 0 aromatic heterocycles. The Morgan fingerprint density at radius 1 is 0.821 bits per heavy atom. The summed E-state index contributed by atoms with van der Waals surface area (Å²) in [7, 11) is 1.26. The Hall–Kier alpha value is -2.35. The zero-order valence-electron chi connectivity index (χ0n) is 16.4. The minimum Gasteiger partial charge on any atom is -0.453 e. The number of nitrogens with one attached hydrogen (secondary N) is 3. The first kappa shape index (κ1) is 25.6. The first-order valence-corrected chi connectivity index (χ1v) is 9.12. The number of methoxy groups -OCH3 is 1. The lowest BCUT2D eigenvalue weighted by atomic mass is 10.2. The van der Waals surface area contributed by atoms with Gasteiger partial charge < -0.3 is 34.9 Å². The second kappa shape index (κ2) is 19.4. The smallest absolute Gasteiger partial charge is 0.406 e. The molecule has 0 atom stereocenters. The Balaban J connectivity index is 3.27. The highest BCUT2D eigenvalue weighted by molar-refractivity contribution is 5.77. The van der Waals surface area contributed by atoms with Gasteiger partial charge in [-0.15, -0.1) is 12.3 Å². The molecule has 10 nitrogen and oxygen atoms in total. The van der Waals surface area contributed by atoms with Crippen LogP contribution in [0.25, 0.3) is 0 Å². The maximum absolute atomic E-state index is 11.4. The highest BCUT2D eigenvalue weighted by Crippen LogP contribution is 1.92. The van der Waals surface area contributed by atoms with Gasteiger partial charge in [-0.3, -0.25) is 9.59 Å². The van der Waals surface area contributed by atoms with E-state index in [0.29, 0.717) is 52.2 Å². The molecule has 0 radical (unpaired) electrons. The molecule has 0 bridgehead atoms. The van der Waals surface area contributed by atoms with Crippen molar-refractivity contribution < 1.29 is 33.3 Å². The van der Waals surface area contributed by atoms with Gasteiger partial charge in [0.25, 0.3) is 0 Å². The van der Waals surface area contributed by atoms with E-state index >= 15 is 0 Å². The van der Waals surface area contributed by atoms with E-state index in [1.54, 1.807) is 0 Å². The van der Waals surface area contributed by atoms with Crippen LogP contribution in [-0.4, -0.2) is 84.3 Å². The highest BCUT2D eigenvalue weighted by Gasteiger charge is 2.02. The number of ether oxygens (including phenoxy) is 4. The highest BCUT2D eigenvalue weighted by atomic mass is 16.5. The molecule has 0 saturated carbocycles. The first-order valence-electron chi connectivity index (χ1n) is 9.12. The summed E-state index contributed by atoms with van der Waals surface area (Å²) >= 11 is 0. The van der Waals surface area contributed by atoms with Gasteiger partial charge >= 0.3 is 6.09 Å². The average molecular weight is 401 g/mol. The van der Waals surface area contributed by atoms with Gasteiger partial charge in [-0.1, -0.05) is 0 Å².